The number of hydrogen-bond acceptors (Lipinski definition) is 3. The molecule has 0 radical (unpaired) electrons. The summed E-state index contributed by atoms with van der Waals surface area (Å²) in [5, 5.41) is 0. The lowest BCUT2D eigenvalue weighted by Crippen LogP contribution is -2.25. The fourth-order valence-corrected chi connectivity index (χ4v) is 4.18. The molecule has 19 heavy (non-hydrogen) atoms. The maximum atomic E-state index is 13.7. The lowest BCUT2D eigenvalue weighted by molar-refractivity contribution is -0.0267. The van der Waals surface area contributed by atoms with Crippen LogP contribution in [0, 0.1) is 5.82 Å². The minimum Gasteiger partial charge on any atom is -0.399 e. The van der Waals surface area contributed by atoms with Gasteiger partial charge in [-0.2, -0.15) is 0 Å². The highest BCUT2D eigenvalue weighted by Crippen LogP contribution is 2.44. The number of anilines is 1. The Kier molecular flexibility index (Phi) is 3.72. The molecule has 1 aromatic carbocycles. The van der Waals surface area contributed by atoms with Crippen LogP contribution in [0.4, 0.5) is 10.1 Å². The molecule has 2 N–H and O–H groups in total. The molecule has 0 aromatic heterocycles. The maximum Gasteiger partial charge on any atom is 0.138 e. The van der Waals surface area contributed by atoms with E-state index in [1.807, 2.05) is 0 Å². The smallest absolute Gasteiger partial charge is 0.138 e. The molecule has 2 fully saturated rings. The van der Waals surface area contributed by atoms with Crippen molar-refractivity contribution in [3.8, 4) is 0 Å². The van der Waals surface area contributed by atoms with E-state index in [9.17, 15) is 4.39 Å². The third-order valence-electron chi connectivity index (χ3n) is 4.23. The van der Waals surface area contributed by atoms with Gasteiger partial charge in [-0.1, -0.05) is 12.8 Å². The van der Waals surface area contributed by atoms with Crippen LogP contribution in [0.5, 0.6) is 0 Å². The van der Waals surface area contributed by atoms with E-state index in [0.29, 0.717) is 10.6 Å². The van der Waals surface area contributed by atoms with Gasteiger partial charge in [0.05, 0.1) is 11.7 Å². The van der Waals surface area contributed by atoms with Crippen LogP contribution in [0.25, 0.3) is 0 Å². The molecule has 1 saturated carbocycles. The van der Waals surface area contributed by atoms with Crippen molar-refractivity contribution in [3.05, 3.63) is 24.0 Å². The number of nitrogens with two attached hydrogens (primary N) is 1. The van der Waals surface area contributed by atoms with Gasteiger partial charge < -0.3 is 10.5 Å². The van der Waals surface area contributed by atoms with E-state index in [1.54, 1.807) is 12.1 Å². The van der Waals surface area contributed by atoms with Crippen LogP contribution < -0.4 is 5.73 Å². The van der Waals surface area contributed by atoms with Crippen LogP contribution in [0.1, 0.15) is 38.5 Å². The van der Waals surface area contributed by atoms with E-state index >= 15 is 0 Å². The molecule has 1 heterocycles. The topological polar surface area (TPSA) is 35.2 Å². The second-order valence-corrected chi connectivity index (χ2v) is 6.73. The van der Waals surface area contributed by atoms with Gasteiger partial charge in [-0.3, -0.25) is 0 Å². The van der Waals surface area contributed by atoms with Gasteiger partial charge >= 0.3 is 0 Å². The van der Waals surface area contributed by atoms with E-state index in [-0.39, 0.29) is 17.5 Å². The Morgan fingerprint density at radius 2 is 2.11 bits per heavy atom. The van der Waals surface area contributed by atoms with E-state index in [4.69, 9.17) is 10.5 Å². The highest BCUT2D eigenvalue weighted by Gasteiger charge is 2.41. The Labute approximate surface area is 117 Å². The van der Waals surface area contributed by atoms with E-state index < -0.39 is 0 Å². The van der Waals surface area contributed by atoms with Crippen molar-refractivity contribution >= 4 is 17.4 Å². The first-order valence-corrected chi connectivity index (χ1v) is 8.01. The molecule has 0 amide bonds. The molecular weight excluding hydrogens is 261 g/mol. The number of nitrogen functional groups attached to an aromatic ring is 1. The lowest BCUT2D eigenvalue weighted by Gasteiger charge is -2.23. The number of halogens is 1. The molecule has 1 aromatic rings. The summed E-state index contributed by atoms with van der Waals surface area (Å²) in [6.07, 6.45) is 7.60. The van der Waals surface area contributed by atoms with Crippen LogP contribution in [-0.4, -0.2) is 17.5 Å². The first kappa shape index (κ1) is 13.3. The van der Waals surface area contributed by atoms with Crippen LogP contribution in [-0.2, 0) is 4.74 Å². The molecule has 2 aliphatic rings. The molecule has 104 valence electrons. The molecule has 1 aliphatic carbocycles. The minimum atomic E-state index is -0.224. The van der Waals surface area contributed by atoms with Crippen LogP contribution in [0.15, 0.2) is 23.1 Å². The normalized spacial score (nSPS) is 25.2. The summed E-state index contributed by atoms with van der Waals surface area (Å²) < 4.78 is 19.9. The molecule has 4 heteroatoms. The lowest BCUT2D eigenvalue weighted by atomic mass is 9.98. The summed E-state index contributed by atoms with van der Waals surface area (Å²) in [6.45, 7) is 0. The third-order valence-corrected chi connectivity index (χ3v) is 5.41. The van der Waals surface area contributed by atoms with E-state index in [0.717, 1.165) is 12.2 Å². The van der Waals surface area contributed by atoms with Gasteiger partial charge in [-0.05, 0) is 43.9 Å². The van der Waals surface area contributed by atoms with Crippen LogP contribution in [0.2, 0.25) is 0 Å². The predicted octanol–water partition coefficient (Wildman–Crippen LogP) is 3.99. The summed E-state index contributed by atoms with van der Waals surface area (Å²) >= 11 is 1.54. The Balaban J connectivity index is 1.55. The maximum absolute atomic E-state index is 13.7. The van der Waals surface area contributed by atoms with Gasteiger partial charge in [0.1, 0.15) is 5.82 Å². The van der Waals surface area contributed by atoms with Crippen molar-refractivity contribution in [2.45, 2.75) is 55.1 Å². The second-order valence-electron chi connectivity index (χ2n) is 5.67. The zero-order valence-corrected chi connectivity index (χ0v) is 11.8. The van der Waals surface area contributed by atoms with Gasteiger partial charge in [0.2, 0.25) is 0 Å². The molecule has 1 spiro atoms. The number of benzene rings is 1. The van der Waals surface area contributed by atoms with Crippen molar-refractivity contribution < 1.29 is 9.13 Å². The first-order chi connectivity index (χ1) is 9.17. The van der Waals surface area contributed by atoms with Crippen molar-refractivity contribution in [1.82, 2.24) is 0 Å². The van der Waals surface area contributed by atoms with Gasteiger partial charge in [-0.15, -0.1) is 11.8 Å². The Morgan fingerprint density at radius 1 is 1.32 bits per heavy atom. The summed E-state index contributed by atoms with van der Waals surface area (Å²) in [4.78, 5) is 0.671. The van der Waals surface area contributed by atoms with Crippen molar-refractivity contribution in [2.75, 3.05) is 11.5 Å². The second kappa shape index (κ2) is 5.33. The number of rotatable bonds is 3. The number of thioether (sulfide) groups is 1. The third kappa shape index (κ3) is 2.90. The monoisotopic (exact) mass is 281 g/mol. The molecule has 1 unspecified atom stereocenters. The van der Waals surface area contributed by atoms with Gasteiger partial charge in [0.25, 0.3) is 0 Å². The molecule has 0 bridgehead atoms. The van der Waals surface area contributed by atoms with Crippen molar-refractivity contribution in [1.29, 1.82) is 0 Å². The Hall–Kier alpha value is -0.740. The summed E-state index contributed by atoms with van der Waals surface area (Å²) in [5.41, 5.74) is 6.20. The predicted molar refractivity (Wildman–Crippen MR) is 76.8 cm³/mol. The molecule has 1 aliphatic heterocycles. The quantitative estimate of drug-likeness (QED) is 0.672. The fourth-order valence-electron chi connectivity index (χ4n) is 3.22. The molecule has 3 rings (SSSR count). The Bertz CT molecular complexity index is 459. The SMILES string of the molecule is Nc1ccc(SCC2CCC3(CCCC3)O2)c(F)c1. The standard InChI is InChI=1S/C15H20FNOS/c16-13-9-11(17)3-4-14(13)19-10-12-5-8-15(18-12)6-1-2-7-15/h3-4,9,12H,1-2,5-8,10,17H2. The van der Waals surface area contributed by atoms with E-state index in [2.05, 4.69) is 0 Å². The largest absolute Gasteiger partial charge is 0.399 e. The average molecular weight is 281 g/mol. The van der Waals surface area contributed by atoms with Crippen LogP contribution >= 0.6 is 11.8 Å². The van der Waals surface area contributed by atoms with E-state index in [1.165, 1.54) is 49.9 Å². The number of hydrogen-bond donors (Lipinski definition) is 1. The van der Waals surface area contributed by atoms with Gasteiger partial charge in [0.15, 0.2) is 0 Å². The fraction of sp³-hybridized carbons (Fsp3) is 0.600. The van der Waals surface area contributed by atoms with Crippen molar-refractivity contribution in [3.63, 3.8) is 0 Å². The van der Waals surface area contributed by atoms with Gasteiger partial charge in [-0.25, -0.2) is 4.39 Å². The van der Waals surface area contributed by atoms with Gasteiger partial charge in [0, 0.05) is 16.3 Å². The molecule has 1 atom stereocenters. The molecular formula is C15H20FNOS. The first-order valence-electron chi connectivity index (χ1n) is 7.03. The zero-order chi connectivity index (χ0) is 13.3. The summed E-state index contributed by atoms with van der Waals surface area (Å²) in [6, 6.07) is 4.89. The highest BCUT2D eigenvalue weighted by molar-refractivity contribution is 7.99. The zero-order valence-electron chi connectivity index (χ0n) is 11.0. The molecule has 1 saturated heterocycles. The average Bonchev–Trinajstić information content (AvgIpc) is 2.99. The Morgan fingerprint density at radius 3 is 2.84 bits per heavy atom. The minimum absolute atomic E-state index is 0.172. The highest BCUT2D eigenvalue weighted by atomic mass is 32.2. The summed E-state index contributed by atoms with van der Waals surface area (Å²) in [7, 11) is 0. The van der Waals surface area contributed by atoms with Crippen molar-refractivity contribution in [2.24, 2.45) is 0 Å². The number of ether oxygens (including phenoxy) is 1. The molecule has 2 nitrogen and oxygen atoms in total. The summed E-state index contributed by atoms with van der Waals surface area (Å²) in [5.74, 6) is 0.612. The van der Waals surface area contributed by atoms with Crippen LogP contribution in [0.3, 0.4) is 0 Å².